The molecule has 0 saturated carbocycles. The van der Waals surface area contributed by atoms with Gasteiger partial charge in [0.2, 0.25) is 5.91 Å². The number of rotatable bonds is 2. The molecule has 1 aromatic carbocycles. The second-order valence-electron chi connectivity index (χ2n) is 4.92. The van der Waals surface area contributed by atoms with E-state index in [9.17, 15) is 9.90 Å². The third-order valence-electron chi connectivity index (χ3n) is 3.31. The highest BCUT2D eigenvalue weighted by Crippen LogP contribution is 2.13. The van der Waals surface area contributed by atoms with Crippen LogP contribution in [0.4, 0.5) is 0 Å². The van der Waals surface area contributed by atoms with E-state index in [1.54, 1.807) is 11.0 Å². The molecular formula is C15H19NO2. The summed E-state index contributed by atoms with van der Waals surface area (Å²) in [7, 11) is 0. The van der Waals surface area contributed by atoms with Crippen molar-refractivity contribution in [3.8, 4) is 0 Å². The van der Waals surface area contributed by atoms with Gasteiger partial charge in [0.05, 0.1) is 6.10 Å². The number of hydrogen-bond donors (Lipinski definition) is 1. The minimum Gasteiger partial charge on any atom is -0.391 e. The number of aliphatic hydroxyl groups is 1. The lowest BCUT2D eigenvalue weighted by atomic mass is 10.1. The van der Waals surface area contributed by atoms with Crippen LogP contribution in [0.2, 0.25) is 0 Å². The maximum Gasteiger partial charge on any atom is 0.246 e. The molecule has 0 radical (unpaired) electrons. The van der Waals surface area contributed by atoms with E-state index >= 15 is 0 Å². The zero-order valence-corrected chi connectivity index (χ0v) is 10.9. The van der Waals surface area contributed by atoms with Gasteiger partial charge in [-0.1, -0.05) is 23.8 Å². The number of benzene rings is 1. The largest absolute Gasteiger partial charge is 0.391 e. The molecule has 2 rings (SSSR count). The van der Waals surface area contributed by atoms with Gasteiger partial charge in [-0.05, 0) is 37.5 Å². The van der Waals surface area contributed by atoms with Crippen LogP contribution >= 0.6 is 0 Å². The zero-order valence-electron chi connectivity index (χ0n) is 10.9. The Morgan fingerprint density at radius 2 is 2.22 bits per heavy atom. The molecule has 1 heterocycles. The number of amides is 1. The highest BCUT2D eigenvalue weighted by Gasteiger charge is 2.22. The maximum absolute atomic E-state index is 11.9. The molecular weight excluding hydrogens is 226 g/mol. The molecule has 3 heteroatoms. The third kappa shape index (κ3) is 2.99. The summed E-state index contributed by atoms with van der Waals surface area (Å²) in [4.78, 5) is 13.6. The molecule has 1 unspecified atom stereocenters. The predicted molar refractivity (Wildman–Crippen MR) is 72.2 cm³/mol. The fraction of sp³-hybridized carbons (Fsp3) is 0.400. The molecule has 1 atom stereocenters. The van der Waals surface area contributed by atoms with Crippen LogP contribution < -0.4 is 0 Å². The molecule has 3 nitrogen and oxygen atoms in total. The summed E-state index contributed by atoms with van der Waals surface area (Å²) in [5.74, 6) is -0.0217. The van der Waals surface area contributed by atoms with Crippen molar-refractivity contribution < 1.29 is 9.90 Å². The van der Waals surface area contributed by atoms with E-state index in [0.29, 0.717) is 19.5 Å². The van der Waals surface area contributed by atoms with Crippen LogP contribution in [0.25, 0.3) is 6.08 Å². The van der Waals surface area contributed by atoms with Crippen molar-refractivity contribution in [2.24, 2.45) is 0 Å². The first-order valence-electron chi connectivity index (χ1n) is 6.28. The van der Waals surface area contributed by atoms with Gasteiger partial charge >= 0.3 is 0 Å². The van der Waals surface area contributed by atoms with E-state index in [4.69, 9.17) is 0 Å². The number of nitrogens with zero attached hydrogens (tertiary/aromatic N) is 1. The van der Waals surface area contributed by atoms with Gasteiger partial charge in [-0.2, -0.15) is 0 Å². The van der Waals surface area contributed by atoms with Gasteiger partial charge in [0, 0.05) is 19.2 Å². The molecule has 0 aliphatic carbocycles. The Hall–Kier alpha value is -1.61. The van der Waals surface area contributed by atoms with Crippen molar-refractivity contribution in [1.29, 1.82) is 0 Å². The minimum atomic E-state index is -0.358. The van der Waals surface area contributed by atoms with Crippen LogP contribution in [0, 0.1) is 13.8 Å². The number of hydrogen-bond acceptors (Lipinski definition) is 2. The first-order chi connectivity index (χ1) is 8.56. The first-order valence-corrected chi connectivity index (χ1v) is 6.28. The summed E-state index contributed by atoms with van der Waals surface area (Å²) in [5, 5.41) is 9.39. The van der Waals surface area contributed by atoms with Gasteiger partial charge in [-0.15, -0.1) is 0 Å². The van der Waals surface area contributed by atoms with E-state index in [1.165, 1.54) is 11.1 Å². The number of carbonyl (C=O) groups excluding carboxylic acids is 1. The van der Waals surface area contributed by atoms with Gasteiger partial charge in [-0.3, -0.25) is 4.79 Å². The van der Waals surface area contributed by atoms with Crippen molar-refractivity contribution in [3.63, 3.8) is 0 Å². The smallest absolute Gasteiger partial charge is 0.246 e. The van der Waals surface area contributed by atoms with Crippen LogP contribution in [0.3, 0.4) is 0 Å². The van der Waals surface area contributed by atoms with Crippen molar-refractivity contribution in [3.05, 3.63) is 41.0 Å². The second kappa shape index (κ2) is 5.36. The molecule has 1 aliphatic rings. The summed E-state index contributed by atoms with van der Waals surface area (Å²) in [5.41, 5.74) is 3.45. The maximum atomic E-state index is 11.9. The molecule has 18 heavy (non-hydrogen) atoms. The Morgan fingerprint density at radius 3 is 2.83 bits per heavy atom. The molecule has 1 N–H and O–H groups in total. The van der Waals surface area contributed by atoms with Gasteiger partial charge in [0.25, 0.3) is 0 Å². The molecule has 1 aliphatic heterocycles. The molecule has 0 bridgehead atoms. The molecule has 0 aromatic heterocycles. The third-order valence-corrected chi connectivity index (χ3v) is 3.31. The standard InChI is InChI=1S/C15H19NO2/c1-11-3-4-13(12(2)9-11)5-6-15(18)16-8-7-14(17)10-16/h3-6,9,14,17H,7-8,10H2,1-2H3/b6-5+. The Bertz CT molecular complexity index is 479. The van der Waals surface area contributed by atoms with Crippen molar-refractivity contribution in [2.45, 2.75) is 26.4 Å². The predicted octanol–water partition coefficient (Wildman–Crippen LogP) is 1.91. The van der Waals surface area contributed by atoms with Gasteiger partial charge in [-0.25, -0.2) is 0 Å². The average molecular weight is 245 g/mol. The number of aliphatic hydroxyl groups excluding tert-OH is 1. The van der Waals surface area contributed by atoms with Crippen molar-refractivity contribution in [2.75, 3.05) is 13.1 Å². The lowest BCUT2D eigenvalue weighted by molar-refractivity contribution is -0.125. The molecule has 1 aromatic rings. The van der Waals surface area contributed by atoms with Crippen molar-refractivity contribution in [1.82, 2.24) is 4.90 Å². The number of carbonyl (C=O) groups is 1. The normalized spacial score (nSPS) is 19.7. The fourth-order valence-electron chi connectivity index (χ4n) is 2.22. The molecule has 0 spiro atoms. The van der Waals surface area contributed by atoms with Gasteiger partial charge in [0.1, 0.15) is 0 Å². The fourth-order valence-corrected chi connectivity index (χ4v) is 2.22. The van der Waals surface area contributed by atoms with Gasteiger partial charge < -0.3 is 10.0 Å². The summed E-state index contributed by atoms with van der Waals surface area (Å²) >= 11 is 0. The molecule has 96 valence electrons. The molecule has 1 fully saturated rings. The number of likely N-dealkylation sites (tertiary alicyclic amines) is 1. The second-order valence-corrected chi connectivity index (χ2v) is 4.92. The molecule has 1 amide bonds. The van der Waals surface area contributed by atoms with Crippen molar-refractivity contribution >= 4 is 12.0 Å². The Balaban J connectivity index is 2.04. The van der Waals surface area contributed by atoms with Crippen LogP contribution in [-0.2, 0) is 4.79 Å². The highest BCUT2D eigenvalue weighted by molar-refractivity contribution is 5.92. The number of β-amino-alcohol motifs (C(OH)–C–C–N with tert-alkyl or cyclic N) is 1. The van der Waals surface area contributed by atoms with Crippen LogP contribution in [0.1, 0.15) is 23.1 Å². The monoisotopic (exact) mass is 245 g/mol. The van der Waals surface area contributed by atoms with Crippen LogP contribution in [0.15, 0.2) is 24.3 Å². The topological polar surface area (TPSA) is 40.5 Å². The minimum absolute atomic E-state index is 0.0217. The summed E-state index contributed by atoms with van der Waals surface area (Å²) < 4.78 is 0. The van der Waals surface area contributed by atoms with E-state index < -0.39 is 0 Å². The lowest BCUT2D eigenvalue weighted by Crippen LogP contribution is -2.27. The Labute approximate surface area is 108 Å². The summed E-state index contributed by atoms with van der Waals surface area (Å²) in [6.07, 6.45) is 3.77. The van der Waals surface area contributed by atoms with E-state index in [0.717, 1.165) is 5.56 Å². The lowest BCUT2D eigenvalue weighted by Gasteiger charge is -2.12. The van der Waals surface area contributed by atoms with Crippen LogP contribution in [0.5, 0.6) is 0 Å². The molecule has 1 saturated heterocycles. The average Bonchev–Trinajstić information content (AvgIpc) is 2.74. The van der Waals surface area contributed by atoms with E-state index in [1.807, 2.05) is 25.1 Å². The number of aryl methyl sites for hydroxylation is 2. The Morgan fingerprint density at radius 1 is 1.44 bits per heavy atom. The van der Waals surface area contributed by atoms with E-state index in [-0.39, 0.29) is 12.0 Å². The van der Waals surface area contributed by atoms with E-state index in [2.05, 4.69) is 13.0 Å². The first kappa shape index (κ1) is 12.8. The highest BCUT2D eigenvalue weighted by atomic mass is 16.3. The summed E-state index contributed by atoms with van der Waals surface area (Å²) in [6.45, 7) is 5.20. The Kier molecular flexibility index (Phi) is 3.82. The summed E-state index contributed by atoms with van der Waals surface area (Å²) in [6, 6.07) is 6.16. The quantitative estimate of drug-likeness (QED) is 0.809. The zero-order chi connectivity index (χ0) is 13.1. The van der Waals surface area contributed by atoms with Crippen LogP contribution in [-0.4, -0.2) is 35.1 Å². The SMILES string of the molecule is Cc1ccc(/C=C/C(=O)N2CCC(O)C2)c(C)c1. The van der Waals surface area contributed by atoms with Gasteiger partial charge in [0.15, 0.2) is 0 Å².